The summed E-state index contributed by atoms with van der Waals surface area (Å²) in [5, 5.41) is 17.9. The second kappa shape index (κ2) is 12.3. The molecule has 0 radical (unpaired) electrons. The van der Waals surface area contributed by atoms with E-state index in [9.17, 15) is 19.7 Å². The Bertz CT molecular complexity index is 1290. The van der Waals surface area contributed by atoms with Gasteiger partial charge in [0, 0.05) is 28.4 Å². The van der Waals surface area contributed by atoms with Crippen LogP contribution in [0.15, 0.2) is 65.8 Å². The van der Waals surface area contributed by atoms with Gasteiger partial charge in [-0.1, -0.05) is 17.7 Å². The van der Waals surface area contributed by atoms with Crippen LogP contribution in [0.25, 0.3) is 0 Å². The molecule has 0 fully saturated rings. The van der Waals surface area contributed by atoms with Gasteiger partial charge in [-0.2, -0.15) is 5.10 Å². The summed E-state index contributed by atoms with van der Waals surface area (Å²) in [6, 6.07) is 15.3. The van der Waals surface area contributed by atoms with E-state index in [-0.39, 0.29) is 23.8 Å². The molecule has 0 bridgehead atoms. The average molecular weight is 511 g/mol. The number of amides is 2. The van der Waals surface area contributed by atoms with Crippen LogP contribution >= 0.6 is 11.6 Å². The van der Waals surface area contributed by atoms with Gasteiger partial charge < -0.3 is 14.8 Å². The van der Waals surface area contributed by atoms with Crippen molar-refractivity contribution in [2.45, 2.75) is 13.8 Å². The number of hydrazone groups is 1. The summed E-state index contributed by atoms with van der Waals surface area (Å²) in [5.41, 5.74) is 4.54. The SMILES string of the molecule is CCOc1cc(/C=N/NC(=O)c2ccc([N+](=O)[O-])cc2)ccc1OCC(=O)Nc1ccc(C)c(Cl)c1. The lowest BCUT2D eigenvalue weighted by atomic mass is 10.2. The number of nitro benzene ring substituents is 1. The number of non-ortho nitro benzene ring substituents is 1. The number of halogens is 1. The molecular formula is C25H23ClN4O6. The first-order valence-corrected chi connectivity index (χ1v) is 11.2. The van der Waals surface area contributed by atoms with Gasteiger partial charge in [-0.25, -0.2) is 5.43 Å². The highest BCUT2D eigenvalue weighted by Crippen LogP contribution is 2.28. The van der Waals surface area contributed by atoms with Crippen molar-refractivity contribution in [2.24, 2.45) is 5.10 Å². The van der Waals surface area contributed by atoms with Crippen molar-refractivity contribution in [3.63, 3.8) is 0 Å². The van der Waals surface area contributed by atoms with E-state index in [0.717, 1.165) is 5.56 Å². The molecule has 0 saturated heterocycles. The number of nitrogens with zero attached hydrogens (tertiary/aromatic N) is 2. The molecule has 186 valence electrons. The van der Waals surface area contributed by atoms with E-state index in [1.807, 2.05) is 13.8 Å². The van der Waals surface area contributed by atoms with E-state index in [4.69, 9.17) is 21.1 Å². The van der Waals surface area contributed by atoms with Crippen molar-refractivity contribution in [3.05, 3.63) is 92.5 Å². The molecule has 0 aromatic heterocycles. The predicted molar refractivity (Wildman–Crippen MR) is 136 cm³/mol. The standard InChI is InChI=1S/C25H23ClN4O6/c1-3-35-23-12-17(14-27-29-25(32)18-6-9-20(10-7-18)30(33)34)5-11-22(23)36-15-24(31)28-19-8-4-16(2)21(26)13-19/h4-14H,3,15H2,1-2H3,(H,28,31)(H,29,32)/b27-14+. The van der Waals surface area contributed by atoms with E-state index in [2.05, 4.69) is 15.8 Å². The summed E-state index contributed by atoms with van der Waals surface area (Å²) in [7, 11) is 0. The van der Waals surface area contributed by atoms with E-state index in [1.165, 1.54) is 30.5 Å². The Balaban J connectivity index is 1.59. The van der Waals surface area contributed by atoms with E-state index < -0.39 is 10.8 Å². The Morgan fingerprint density at radius 3 is 2.47 bits per heavy atom. The van der Waals surface area contributed by atoms with Crippen LogP contribution in [0.1, 0.15) is 28.4 Å². The molecule has 0 aliphatic rings. The third kappa shape index (κ3) is 7.28. The predicted octanol–water partition coefficient (Wildman–Crippen LogP) is 4.74. The van der Waals surface area contributed by atoms with Crippen LogP contribution < -0.4 is 20.2 Å². The number of nitro groups is 1. The first-order chi connectivity index (χ1) is 17.3. The van der Waals surface area contributed by atoms with Gasteiger partial charge in [0.2, 0.25) is 0 Å². The quantitative estimate of drug-likeness (QED) is 0.230. The van der Waals surface area contributed by atoms with Gasteiger partial charge in [0.05, 0.1) is 17.7 Å². The number of hydrogen-bond acceptors (Lipinski definition) is 7. The summed E-state index contributed by atoms with van der Waals surface area (Å²) in [5.74, 6) is -0.126. The molecule has 10 nitrogen and oxygen atoms in total. The zero-order valence-corrected chi connectivity index (χ0v) is 20.2. The molecule has 2 amide bonds. The minimum absolute atomic E-state index is 0.113. The van der Waals surface area contributed by atoms with Crippen LogP contribution in [-0.4, -0.2) is 36.2 Å². The van der Waals surface area contributed by atoms with Gasteiger partial charge >= 0.3 is 0 Å². The maximum Gasteiger partial charge on any atom is 0.271 e. The molecular weight excluding hydrogens is 488 g/mol. The molecule has 3 aromatic carbocycles. The van der Waals surface area contributed by atoms with Gasteiger partial charge in [0.25, 0.3) is 17.5 Å². The fourth-order valence-electron chi connectivity index (χ4n) is 2.97. The molecule has 0 spiro atoms. The second-order valence-electron chi connectivity index (χ2n) is 7.44. The van der Waals surface area contributed by atoms with Crippen molar-refractivity contribution in [2.75, 3.05) is 18.5 Å². The topological polar surface area (TPSA) is 132 Å². The molecule has 0 aliphatic heterocycles. The van der Waals surface area contributed by atoms with Crippen LogP contribution in [-0.2, 0) is 4.79 Å². The first kappa shape index (κ1) is 26.2. The van der Waals surface area contributed by atoms with Crippen LogP contribution in [0.2, 0.25) is 5.02 Å². The number of benzene rings is 3. The molecule has 0 heterocycles. The van der Waals surface area contributed by atoms with Crippen molar-refractivity contribution in [1.82, 2.24) is 5.43 Å². The molecule has 2 N–H and O–H groups in total. The highest BCUT2D eigenvalue weighted by atomic mass is 35.5. The van der Waals surface area contributed by atoms with E-state index in [0.29, 0.717) is 34.4 Å². The second-order valence-corrected chi connectivity index (χ2v) is 7.85. The molecule has 36 heavy (non-hydrogen) atoms. The van der Waals surface area contributed by atoms with Gasteiger partial charge in [-0.3, -0.25) is 19.7 Å². The largest absolute Gasteiger partial charge is 0.490 e. The van der Waals surface area contributed by atoms with Gasteiger partial charge in [0.1, 0.15) is 0 Å². The lowest BCUT2D eigenvalue weighted by Gasteiger charge is -2.13. The number of carbonyl (C=O) groups excluding carboxylic acids is 2. The molecule has 0 unspecified atom stereocenters. The fraction of sp³-hybridized carbons (Fsp3) is 0.160. The smallest absolute Gasteiger partial charge is 0.271 e. The minimum atomic E-state index is -0.546. The lowest BCUT2D eigenvalue weighted by molar-refractivity contribution is -0.384. The molecule has 0 aliphatic carbocycles. The van der Waals surface area contributed by atoms with E-state index >= 15 is 0 Å². The zero-order chi connectivity index (χ0) is 26.1. The number of ether oxygens (including phenoxy) is 2. The third-order valence-corrected chi connectivity index (χ3v) is 5.21. The van der Waals surface area contributed by atoms with Crippen LogP contribution in [0.5, 0.6) is 11.5 Å². The first-order valence-electron chi connectivity index (χ1n) is 10.8. The van der Waals surface area contributed by atoms with Gasteiger partial charge in [-0.05, 0) is 67.4 Å². The molecule has 0 saturated carbocycles. The van der Waals surface area contributed by atoms with Gasteiger partial charge in [-0.15, -0.1) is 0 Å². The highest BCUT2D eigenvalue weighted by molar-refractivity contribution is 6.31. The minimum Gasteiger partial charge on any atom is -0.490 e. The number of aryl methyl sites for hydroxylation is 1. The van der Waals surface area contributed by atoms with Crippen molar-refractivity contribution in [1.29, 1.82) is 0 Å². The molecule has 11 heteroatoms. The summed E-state index contributed by atoms with van der Waals surface area (Å²) >= 11 is 6.09. The van der Waals surface area contributed by atoms with E-state index in [1.54, 1.807) is 36.4 Å². The van der Waals surface area contributed by atoms with Crippen LogP contribution in [0.3, 0.4) is 0 Å². The Hall–Kier alpha value is -4.44. The van der Waals surface area contributed by atoms with Crippen molar-refractivity contribution >= 4 is 41.0 Å². The number of nitrogens with one attached hydrogen (secondary N) is 2. The summed E-state index contributed by atoms with van der Waals surface area (Å²) < 4.78 is 11.2. The lowest BCUT2D eigenvalue weighted by Crippen LogP contribution is -2.20. The van der Waals surface area contributed by atoms with Crippen molar-refractivity contribution in [3.8, 4) is 11.5 Å². The maximum atomic E-state index is 12.3. The Labute approximate surface area is 212 Å². The molecule has 0 atom stereocenters. The summed E-state index contributed by atoms with van der Waals surface area (Å²) in [6.07, 6.45) is 1.41. The number of anilines is 1. The third-order valence-electron chi connectivity index (χ3n) is 4.80. The normalized spacial score (nSPS) is 10.6. The number of rotatable bonds is 10. The average Bonchev–Trinajstić information content (AvgIpc) is 2.86. The number of carbonyl (C=O) groups is 2. The Morgan fingerprint density at radius 1 is 1.06 bits per heavy atom. The number of hydrogen-bond donors (Lipinski definition) is 2. The Morgan fingerprint density at radius 2 is 1.81 bits per heavy atom. The zero-order valence-electron chi connectivity index (χ0n) is 19.5. The van der Waals surface area contributed by atoms with Gasteiger partial charge in [0.15, 0.2) is 18.1 Å². The fourth-order valence-corrected chi connectivity index (χ4v) is 3.15. The highest BCUT2D eigenvalue weighted by Gasteiger charge is 2.11. The summed E-state index contributed by atoms with van der Waals surface area (Å²) in [6.45, 7) is 3.79. The van der Waals surface area contributed by atoms with Crippen LogP contribution in [0.4, 0.5) is 11.4 Å². The molecule has 3 aromatic rings. The Kier molecular flexibility index (Phi) is 8.95. The summed E-state index contributed by atoms with van der Waals surface area (Å²) in [4.78, 5) is 34.6. The van der Waals surface area contributed by atoms with Crippen LogP contribution in [0, 0.1) is 17.0 Å². The molecule has 3 rings (SSSR count). The monoisotopic (exact) mass is 510 g/mol. The van der Waals surface area contributed by atoms with Crippen molar-refractivity contribution < 1.29 is 24.0 Å². The maximum absolute atomic E-state index is 12.3.